The first-order valence-electron chi connectivity index (χ1n) is 11.3. The number of nitrogens with one attached hydrogen (secondary N) is 1. The Balaban J connectivity index is 1.53. The van der Waals surface area contributed by atoms with Gasteiger partial charge >= 0.3 is 0 Å². The molecule has 1 amide bonds. The van der Waals surface area contributed by atoms with E-state index in [0.717, 1.165) is 56.0 Å². The predicted octanol–water partition coefficient (Wildman–Crippen LogP) is 4.83. The number of likely N-dealkylation sites (tertiary alicyclic amines) is 1. The van der Waals surface area contributed by atoms with Gasteiger partial charge in [-0.25, -0.2) is 8.42 Å². The molecule has 2 heterocycles. The molecular formula is C24H31N3O3S2. The fourth-order valence-corrected chi connectivity index (χ4v) is 6.05. The highest BCUT2D eigenvalue weighted by molar-refractivity contribution is 7.98. The zero-order valence-electron chi connectivity index (χ0n) is 18.5. The lowest BCUT2D eigenvalue weighted by molar-refractivity contribution is 0.0720. The lowest BCUT2D eigenvalue weighted by atomic mass is 10.1. The second kappa shape index (κ2) is 10.2. The summed E-state index contributed by atoms with van der Waals surface area (Å²) >= 11 is 1.46. The number of piperidine rings is 2. The van der Waals surface area contributed by atoms with Crippen LogP contribution < -0.4 is 9.62 Å². The second-order valence-electron chi connectivity index (χ2n) is 8.42. The third-order valence-electron chi connectivity index (χ3n) is 6.20. The molecule has 2 aromatic rings. The van der Waals surface area contributed by atoms with E-state index in [1.165, 1.54) is 37.1 Å². The summed E-state index contributed by atoms with van der Waals surface area (Å²) in [5.74, 6) is -0.0861. The van der Waals surface area contributed by atoms with Crippen LogP contribution in [0.3, 0.4) is 0 Å². The Morgan fingerprint density at radius 2 is 1.50 bits per heavy atom. The van der Waals surface area contributed by atoms with Crippen molar-refractivity contribution in [2.75, 3.05) is 42.1 Å². The number of nitrogens with zero attached hydrogens (tertiary/aromatic N) is 2. The minimum absolute atomic E-state index is 0.0861. The Bertz CT molecular complexity index is 1040. The Hall–Kier alpha value is -2.19. The normalized spacial score (nSPS) is 17.3. The summed E-state index contributed by atoms with van der Waals surface area (Å²) < 4.78 is 28.8. The first-order valence-corrected chi connectivity index (χ1v) is 14.0. The number of carbonyl (C=O) groups excluding carboxylic acids is 1. The Morgan fingerprint density at radius 1 is 0.875 bits per heavy atom. The van der Waals surface area contributed by atoms with Gasteiger partial charge in [0, 0.05) is 42.4 Å². The van der Waals surface area contributed by atoms with E-state index in [1.54, 1.807) is 24.3 Å². The Morgan fingerprint density at radius 3 is 2.12 bits per heavy atom. The van der Waals surface area contributed by atoms with E-state index in [9.17, 15) is 13.2 Å². The molecular weight excluding hydrogens is 442 g/mol. The first kappa shape index (κ1) is 23.0. The van der Waals surface area contributed by atoms with Gasteiger partial charge in [0.1, 0.15) is 0 Å². The van der Waals surface area contributed by atoms with Gasteiger partial charge in [0.05, 0.1) is 10.5 Å². The highest BCUT2D eigenvalue weighted by Gasteiger charge is 2.24. The van der Waals surface area contributed by atoms with Gasteiger partial charge in [-0.15, -0.1) is 11.8 Å². The molecule has 0 radical (unpaired) electrons. The van der Waals surface area contributed by atoms with E-state index in [-0.39, 0.29) is 10.8 Å². The average Bonchev–Trinajstić information content (AvgIpc) is 2.84. The van der Waals surface area contributed by atoms with Crippen LogP contribution in [0.1, 0.15) is 48.9 Å². The summed E-state index contributed by atoms with van der Waals surface area (Å²) in [6, 6.07) is 12.4. The van der Waals surface area contributed by atoms with E-state index >= 15 is 0 Å². The van der Waals surface area contributed by atoms with Gasteiger partial charge in [-0.05, 0) is 87.2 Å². The molecule has 2 aliphatic heterocycles. The highest BCUT2D eigenvalue weighted by Crippen LogP contribution is 2.28. The van der Waals surface area contributed by atoms with Crippen LogP contribution in [0.2, 0.25) is 0 Å². The molecule has 4 rings (SSSR count). The summed E-state index contributed by atoms with van der Waals surface area (Å²) in [6.07, 6.45) is 8.68. The molecule has 6 nitrogen and oxygen atoms in total. The monoisotopic (exact) mass is 473 g/mol. The second-order valence-corrected chi connectivity index (χ2v) is 10.9. The van der Waals surface area contributed by atoms with E-state index in [1.807, 2.05) is 23.3 Å². The molecule has 0 aliphatic carbocycles. The number of benzene rings is 2. The number of rotatable bonds is 6. The van der Waals surface area contributed by atoms with Gasteiger partial charge in [0.25, 0.3) is 15.9 Å². The van der Waals surface area contributed by atoms with Gasteiger partial charge in [-0.3, -0.25) is 9.52 Å². The van der Waals surface area contributed by atoms with E-state index < -0.39 is 10.0 Å². The number of hydrogen-bond donors (Lipinski definition) is 1. The summed E-state index contributed by atoms with van der Waals surface area (Å²) in [6.45, 7) is 3.54. The highest BCUT2D eigenvalue weighted by atomic mass is 32.2. The van der Waals surface area contributed by atoms with Crippen LogP contribution in [-0.4, -0.2) is 51.7 Å². The van der Waals surface area contributed by atoms with Crippen LogP contribution in [0, 0.1) is 0 Å². The van der Waals surface area contributed by atoms with E-state index in [2.05, 4.69) is 9.62 Å². The van der Waals surface area contributed by atoms with Crippen LogP contribution in [0.5, 0.6) is 0 Å². The van der Waals surface area contributed by atoms with Crippen molar-refractivity contribution in [1.82, 2.24) is 4.90 Å². The van der Waals surface area contributed by atoms with Crippen molar-refractivity contribution >= 4 is 39.1 Å². The maximum absolute atomic E-state index is 13.1. The molecule has 172 valence electrons. The third kappa shape index (κ3) is 5.23. The number of thioether (sulfide) groups is 1. The topological polar surface area (TPSA) is 69.7 Å². The Kier molecular flexibility index (Phi) is 7.30. The van der Waals surface area contributed by atoms with Crippen molar-refractivity contribution in [3.63, 3.8) is 0 Å². The quantitative estimate of drug-likeness (QED) is 0.609. The van der Waals surface area contributed by atoms with Gasteiger partial charge in [-0.1, -0.05) is 0 Å². The first-order chi connectivity index (χ1) is 15.5. The number of carbonyl (C=O) groups is 1. The number of sulfonamides is 1. The summed E-state index contributed by atoms with van der Waals surface area (Å²) in [4.78, 5) is 18.2. The SMILES string of the molecule is CSc1ccc(S(=O)(=O)Nc2ccc(N3CCCCC3)cc2)cc1C(=O)N1CCCCC1. The number of hydrogen-bond acceptors (Lipinski definition) is 5. The molecule has 0 aromatic heterocycles. The summed E-state index contributed by atoms with van der Waals surface area (Å²) in [5, 5.41) is 0. The van der Waals surface area contributed by atoms with Crippen molar-refractivity contribution in [2.24, 2.45) is 0 Å². The van der Waals surface area contributed by atoms with E-state index in [4.69, 9.17) is 0 Å². The van der Waals surface area contributed by atoms with Crippen LogP contribution in [0.15, 0.2) is 52.3 Å². The molecule has 2 aromatic carbocycles. The summed E-state index contributed by atoms with van der Waals surface area (Å²) in [5.41, 5.74) is 2.10. The maximum atomic E-state index is 13.1. The summed E-state index contributed by atoms with van der Waals surface area (Å²) in [7, 11) is -3.81. The molecule has 0 bridgehead atoms. The maximum Gasteiger partial charge on any atom is 0.261 e. The van der Waals surface area contributed by atoms with Gasteiger partial charge in [0.15, 0.2) is 0 Å². The van der Waals surface area contributed by atoms with Crippen LogP contribution in [0.4, 0.5) is 11.4 Å². The minimum Gasteiger partial charge on any atom is -0.372 e. The lowest BCUT2D eigenvalue weighted by Crippen LogP contribution is -2.36. The molecule has 8 heteroatoms. The average molecular weight is 474 g/mol. The molecule has 0 atom stereocenters. The van der Waals surface area contributed by atoms with Gasteiger partial charge in [-0.2, -0.15) is 0 Å². The van der Waals surface area contributed by atoms with E-state index in [0.29, 0.717) is 11.3 Å². The molecule has 2 fully saturated rings. The minimum atomic E-state index is -3.81. The van der Waals surface area contributed by atoms with Gasteiger partial charge < -0.3 is 9.80 Å². The Labute approximate surface area is 195 Å². The van der Waals surface area contributed by atoms with Crippen LogP contribution in [0.25, 0.3) is 0 Å². The fraction of sp³-hybridized carbons (Fsp3) is 0.458. The zero-order valence-corrected chi connectivity index (χ0v) is 20.2. The molecule has 0 unspecified atom stereocenters. The fourth-order valence-electron chi connectivity index (χ4n) is 4.40. The van der Waals surface area contributed by atoms with Crippen molar-refractivity contribution < 1.29 is 13.2 Å². The number of anilines is 2. The lowest BCUT2D eigenvalue weighted by Gasteiger charge is -2.28. The molecule has 0 saturated carbocycles. The standard InChI is InChI=1S/C24H31N3O3S2/c1-31-23-13-12-21(18-22(23)24(28)27-16-6-3-7-17-27)32(29,30)25-19-8-10-20(11-9-19)26-14-4-2-5-15-26/h8-13,18,25H,2-7,14-17H2,1H3. The zero-order chi connectivity index (χ0) is 22.6. The molecule has 2 aliphatic rings. The van der Waals surface area contributed by atoms with Crippen molar-refractivity contribution in [1.29, 1.82) is 0 Å². The van der Waals surface area contributed by atoms with Crippen molar-refractivity contribution in [3.8, 4) is 0 Å². The largest absolute Gasteiger partial charge is 0.372 e. The molecule has 1 N–H and O–H groups in total. The van der Waals surface area contributed by atoms with Crippen LogP contribution in [-0.2, 0) is 10.0 Å². The van der Waals surface area contributed by atoms with Crippen molar-refractivity contribution in [3.05, 3.63) is 48.0 Å². The third-order valence-corrected chi connectivity index (χ3v) is 8.37. The van der Waals surface area contributed by atoms with Gasteiger partial charge in [0.2, 0.25) is 0 Å². The van der Waals surface area contributed by atoms with Crippen molar-refractivity contribution in [2.45, 2.75) is 48.3 Å². The van der Waals surface area contributed by atoms with Crippen LogP contribution >= 0.6 is 11.8 Å². The molecule has 32 heavy (non-hydrogen) atoms. The molecule has 2 saturated heterocycles. The predicted molar refractivity (Wildman–Crippen MR) is 131 cm³/mol. The number of amides is 1. The molecule has 0 spiro atoms. The smallest absolute Gasteiger partial charge is 0.261 e.